The maximum atomic E-state index is 11.8. The molecule has 1 aliphatic rings. The van der Waals surface area contributed by atoms with Crippen LogP contribution < -0.4 is 5.73 Å². The number of benzene rings is 1. The maximum absolute atomic E-state index is 11.8. The Morgan fingerprint density at radius 1 is 1.44 bits per heavy atom. The van der Waals surface area contributed by atoms with Crippen molar-refractivity contribution >= 4 is 23.5 Å². The molecule has 1 aromatic rings. The van der Waals surface area contributed by atoms with Gasteiger partial charge in [0.1, 0.15) is 11.9 Å². The van der Waals surface area contributed by atoms with Crippen molar-refractivity contribution in [1.82, 2.24) is 4.90 Å². The van der Waals surface area contributed by atoms with E-state index in [1.165, 1.54) is 0 Å². The Bertz CT molecular complexity index is 525. The predicted octanol–water partition coefficient (Wildman–Crippen LogP) is 2.89. The highest BCUT2D eigenvalue weighted by molar-refractivity contribution is 6.31. The second-order valence-corrected chi connectivity index (χ2v) is 5.14. The Hall–Kier alpha value is -1.55. The number of halogens is 1. The molecule has 18 heavy (non-hydrogen) atoms. The van der Waals surface area contributed by atoms with E-state index in [-0.39, 0.29) is 18.1 Å². The first-order valence-corrected chi connectivity index (χ1v) is 6.22. The predicted molar refractivity (Wildman–Crippen MR) is 72.9 cm³/mol. The first kappa shape index (κ1) is 12.9. The summed E-state index contributed by atoms with van der Waals surface area (Å²) in [4.78, 5) is 17.3. The molecular weight excluding hydrogens is 250 g/mol. The average molecular weight is 266 g/mol. The Labute approximate surface area is 111 Å². The molecule has 1 unspecified atom stereocenters. The highest BCUT2D eigenvalue weighted by atomic mass is 35.5. The summed E-state index contributed by atoms with van der Waals surface area (Å²) in [5, 5.41) is 0.670. The molecule has 4 nitrogen and oxygen atoms in total. The van der Waals surface area contributed by atoms with Gasteiger partial charge in [-0.2, -0.15) is 4.99 Å². The van der Waals surface area contributed by atoms with Crippen LogP contribution in [-0.4, -0.2) is 22.8 Å². The first-order valence-electron chi connectivity index (χ1n) is 5.84. The molecule has 5 heteroatoms. The van der Waals surface area contributed by atoms with Crippen LogP contribution in [0.2, 0.25) is 5.02 Å². The zero-order chi connectivity index (χ0) is 13.4. The molecular formula is C13H16ClN3O. The summed E-state index contributed by atoms with van der Waals surface area (Å²) in [7, 11) is 0. The minimum atomic E-state index is -0.310. The Kier molecular flexibility index (Phi) is 3.30. The van der Waals surface area contributed by atoms with E-state index in [2.05, 4.69) is 4.99 Å². The number of nitrogens with zero attached hydrogens (tertiary/aromatic N) is 2. The van der Waals surface area contributed by atoms with Crippen LogP contribution >= 0.6 is 11.6 Å². The highest BCUT2D eigenvalue weighted by Crippen LogP contribution is 2.31. The number of aliphatic imine (C=N–C) groups is 1. The molecule has 96 valence electrons. The van der Waals surface area contributed by atoms with Gasteiger partial charge in [-0.1, -0.05) is 23.7 Å². The smallest absolute Gasteiger partial charge is 0.346 e. The Morgan fingerprint density at radius 3 is 2.67 bits per heavy atom. The third-order valence-corrected chi connectivity index (χ3v) is 3.48. The summed E-state index contributed by atoms with van der Waals surface area (Å²) < 4.78 is 0. The van der Waals surface area contributed by atoms with Crippen molar-refractivity contribution in [3.05, 3.63) is 34.3 Å². The van der Waals surface area contributed by atoms with Crippen LogP contribution in [0, 0.1) is 6.92 Å². The second kappa shape index (κ2) is 4.61. The van der Waals surface area contributed by atoms with Crippen LogP contribution in [0.3, 0.4) is 0 Å². The van der Waals surface area contributed by atoms with Gasteiger partial charge in [-0.3, -0.25) is 0 Å². The molecule has 1 atom stereocenters. The van der Waals surface area contributed by atoms with Gasteiger partial charge in [0.05, 0.1) is 0 Å². The van der Waals surface area contributed by atoms with E-state index in [0.717, 1.165) is 11.1 Å². The number of aryl methyl sites for hydroxylation is 1. The molecule has 0 fully saturated rings. The zero-order valence-corrected chi connectivity index (χ0v) is 11.4. The number of hydrogen-bond donors (Lipinski definition) is 1. The minimum absolute atomic E-state index is 0.0346. The van der Waals surface area contributed by atoms with Gasteiger partial charge in [0.25, 0.3) is 0 Å². The summed E-state index contributed by atoms with van der Waals surface area (Å²) >= 11 is 6.12. The van der Waals surface area contributed by atoms with E-state index < -0.39 is 0 Å². The van der Waals surface area contributed by atoms with Crippen LogP contribution in [0.15, 0.2) is 23.2 Å². The van der Waals surface area contributed by atoms with Crippen LogP contribution in [0.5, 0.6) is 0 Å². The molecule has 1 heterocycles. The van der Waals surface area contributed by atoms with Gasteiger partial charge in [-0.15, -0.1) is 0 Å². The van der Waals surface area contributed by atoms with Gasteiger partial charge in [-0.05, 0) is 38.0 Å². The summed E-state index contributed by atoms with van der Waals surface area (Å²) in [6.07, 6.45) is 0. The van der Waals surface area contributed by atoms with E-state index >= 15 is 0 Å². The molecule has 0 spiro atoms. The van der Waals surface area contributed by atoms with E-state index in [1.54, 1.807) is 4.90 Å². The quantitative estimate of drug-likeness (QED) is 0.894. The number of carbonyl (C=O) groups is 1. The average Bonchev–Trinajstić information content (AvgIpc) is 2.57. The van der Waals surface area contributed by atoms with Crippen molar-refractivity contribution in [1.29, 1.82) is 0 Å². The lowest BCUT2D eigenvalue weighted by Gasteiger charge is -2.28. The van der Waals surface area contributed by atoms with E-state index in [0.29, 0.717) is 10.9 Å². The molecule has 1 aromatic carbocycles. The van der Waals surface area contributed by atoms with E-state index in [9.17, 15) is 4.79 Å². The molecule has 0 saturated heterocycles. The topological polar surface area (TPSA) is 58.7 Å². The Balaban J connectivity index is 2.44. The lowest BCUT2D eigenvalue weighted by molar-refractivity contribution is 0.190. The SMILES string of the molecule is Cc1ccc(C2C(N)=NC(=O)N2C(C)C)cc1Cl. The largest absolute Gasteiger partial charge is 0.385 e. The first-order chi connectivity index (χ1) is 8.41. The number of amides is 2. The number of rotatable bonds is 2. The summed E-state index contributed by atoms with van der Waals surface area (Å²) in [5.41, 5.74) is 7.75. The van der Waals surface area contributed by atoms with Gasteiger partial charge in [0.15, 0.2) is 0 Å². The fourth-order valence-corrected chi connectivity index (χ4v) is 2.30. The molecule has 2 rings (SSSR count). The highest BCUT2D eigenvalue weighted by Gasteiger charge is 2.36. The molecule has 0 bridgehead atoms. The number of urea groups is 1. The standard InChI is InChI=1S/C13H16ClN3O/c1-7(2)17-11(12(15)16-13(17)18)9-5-4-8(3)10(14)6-9/h4-7,11H,1-3H3,(H2,15,16,18). The third-order valence-electron chi connectivity index (χ3n) is 3.07. The minimum Gasteiger partial charge on any atom is -0.385 e. The second-order valence-electron chi connectivity index (χ2n) is 4.73. The van der Waals surface area contributed by atoms with Crippen molar-refractivity contribution in [2.75, 3.05) is 0 Å². The van der Waals surface area contributed by atoms with Crippen molar-refractivity contribution in [3.63, 3.8) is 0 Å². The molecule has 0 aliphatic carbocycles. The molecule has 1 aliphatic heterocycles. The molecule has 2 amide bonds. The molecule has 0 radical (unpaired) electrons. The third kappa shape index (κ3) is 2.08. The van der Waals surface area contributed by atoms with Crippen LogP contribution in [-0.2, 0) is 0 Å². The van der Waals surface area contributed by atoms with Crippen molar-refractivity contribution < 1.29 is 4.79 Å². The zero-order valence-electron chi connectivity index (χ0n) is 10.6. The summed E-state index contributed by atoms with van der Waals surface area (Å²) in [6, 6.07) is 5.14. The van der Waals surface area contributed by atoms with Gasteiger partial charge < -0.3 is 10.6 Å². The van der Waals surface area contributed by atoms with Crippen LogP contribution in [0.25, 0.3) is 0 Å². The maximum Gasteiger partial charge on any atom is 0.346 e. The van der Waals surface area contributed by atoms with E-state index in [1.807, 2.05) is 39.0 Å². The van der Waals surface area contributed by atoms with Gasteiger partial charge in [0, 0.05) is 11.1 Å². The summed E-state index contributed by atoms with van der Waals surface area (Å²) in [5.74, 6) is 0.327. The molecule has 0 saturated carbocycles. The number of carbonyl (C=O) groups excluding carboxylic acids is 1. The van der Waals surface area contributed by atoms with Gasteiger partial charge >= 0.3 is 6.03 Å². The molecule has 0 aromatic heterocycles. The normalized spacial score (nSPS) is 19.6. The fourth-order valence-electron chi connectivity index (χ4n) is 2.11. The van der Waals surface area contributed by atoms with Crippen molar-refractivity contribution in [3.8, 4) is 0 Å². The lowest BCUT2D eigenvalue weighted by Crippen LogP contribution is -2.38. The van der Waals surface area contributed by atoms with Crippen molar-refractivity contribution in [2.24, 2.45) is 10.7 Å². The number of amidine groups is 1. The van der Waals surface area contributed by atoms with Crippen LogP contribution in [0.1, 0.15) is 31.0 Å². The Morgan fingerprint density at radius 2 is 2.11 bits per heavy atom. The van der Waals surface area contributed by atoms with Crippen LogP contribution in [0.4, 0.5) is 4.79 Å². The van der Waals surface area contributed by atoms with Gasteiger partial charge in [-0.25, -0.2) is 4.79 Å². The van der Waals surface area contributed by atoms with E-state index in [4.69, 9.17) is 17.3 Å². The monoisotopic (exact) mass is 265 g/mol. The van der Waals surface area contributed by atoms with Crippen molar-refractivity contribution in [2.45, 2.75) is 32.9 Å². The molecule has 2 N–H and O–H groups in total. The summed E-state index contributed by atoms with van der Waals surface area (Å²) in [6.45, 7) is 5.81. The fraction of sp³-hybridized carbons (Fsp3) is 0.385. The number of nitrogens with two attached hydrogens (primary N) is 1. The van der Waals surface area contributed by atoms with Gasteiger partial charge in [0.2, 0.25) is 0 Å². The lowest BCUT2D eigenvalue weighted by atomic mass is 10.0. The number of hydrogen-bond acceptors (Lipinski definition) is 2.